The Bertz CT molecular complexity index is 834. The Labute approximate surface area is 148 Å². The van der Waals surface area contributed by atoms with E-state index in [2.05, 4.69) is 0 Å². The van der Waals surface area contributed by atoms with Crippen LogP contribution < -0.4 is 14.6 Å². The molecular formula is C17H13ClNO6-. The van der Waals surface area contributed by atoms with Gasteiger partial charge in [0.1, 0.15) is 6.61 Å². The standard InChI is InChI=1S/C17H14ClNO6/c1-24-15-9-11(5-6-19(22)23)8-14(18)16(15)25-10-12-3-2-4-13(7-12)17(20)21/h2-9H,10H2,1H3,(H,20,21)/p-1/b6-5+. The maximum atomic E-state index is 10.9. The summed E-state index contributed by atoms with van der Waals surface area (Å²) in [6.07, 6.45) is 2.07. The number of hydrogen-bond acceptors (Lipinski definition) is 6. The Kier molecular flexibility index (Phi) is 5.97. The van der Waals surface area contributed by atoms with Gasteiger partial charge in [-0.3, -0.25) is 10.1 Å². The number of carboxylic acid groups (broad SMARTS) is 1. The smallest absolute Gasteiger partial charge is 0.235 e. The molecule has 0 saturated carbocycles. The quantitative estimate of drug-likeness (QED) is 0.554. The van der Waals surface area contributed by atoms with Crippen LogP contribution in [-0.2, 0) is 6.61 Å². The maximum Gasteiger partial charge on any atom is 0.235 e. The van der Waals surface area contributed by atoms with Crippen molar-refractivity contribution in [3.63, 3.8) is 0 Å². The normalized spacial score (nSPS) is 10.6. The first-order chi connectivity index (χ1) is 11.9. The Balaban J connectivity index is 2.23. The molecule has 0 aromatic heterocycles. The van der Waals surface area contributed by atoms with E-state index in [0.29, 0.717) is 16.9 Å². The van der Waals surface area contributed by atoms with Gasteiger partial charge in [-0.15, -0.1) is 0 Å². The van der Waals surface area contributed by atoms with Crippen LogP contribution in [0.25, 0.3) is 6.08 Å². The molecule has 0 heterocycles. The molecule has 2 aromatic carbocycles. The molecule has 8 heteroatoms. The summed E-state index contributed by atoms with van der Waals surface area (Å²) in [5.41, 5.74) is 1.13. The lowest BCUT2D eigenvalue weighted by atomic mass is 10.1. The van der Waals surface area contributed by atoms with Crippen LogP contribution in [0, 0.1) is 10.1 Å². The first-order valence-corrected chi connectivity index (χ1v) is 7.41. The first-order valence-electron chi connectivity index (χ1n) is 7.03. The molecular weight excluding hydrogens is 350 g/mol. The van der Waals surface area contributed by atoms with Crippen LogP contribution in [0.3, 0.4) is 0 Å². The van der Waals surface area contributed by atoms with Gasteiger partial charge in [-0.1, -0.05) is 29.8 Å². The Morgan fingerprint density at radius 1 is 1.32 bits per heavy atom. The molecule has 0 unspecified atom stereocenters. The van der Waals surface area contributed by atoms with E-state index >= 15 is 0 Å². The van der Waals surface area contributed by atoms with Crippen molar-refractivity contribution in [3.8, 4) is 11.5 Å². The summed E-state index contributed by atoms with van der Waals surface area (Å²) in [5.74, 6) is -0.729. The molecule has 0 atom stereocenters. The predicted octanol–water partition coefficient (Wildman–Crippen LogP) is 2.54. The van der Waals surface area contributed by atoms with Crippen LogP contribution in [0.1, 0.15) is 21.5 Å². The van der Waals surface area contributed by atoms with Crippen molar-refractivity contribution in [3.05, 3.63) is 74.4 Å². The minimum atomic E-state index is -1.28. The van der Waals surface area contributed by atoms with Gasteiger partial charge in [0.25, 0.3) is 0 Å². The molecule has 25 heavy (non-hydrogen) atoms. The molecule has 0 fully saturated rings. The molecule has 0 radical (unpaired) electrons. The average molecular weight is 363 g/mol. The van der Waals surface area contributed by atoms with Gasteiger partial charge in [-0.25, -0.2) is 0 Å². The van der Waals surface area contributed by atoms with Gasteiger partial charge in [0, 0.05) is 6.08 Å². The molecule has 0 N–H and O–H groups in total. The number of nitrogens with zero attached hydrogens (tertiary/aromatic N) is 1. The maximum absolute atomic E-state index is 10.9. The molecule has 0 amide bonds. The number of carbonyl (C=O) groups excluding carboxylic acids is 1. The number of carbonyl (C=O) groups is 1. The third-order valence-corrected chi connectivity index (χ3v) is 3.47. The van der Waals surface area contributed by atoms with Crippen molar-refractivity contribution in [2.24, 2.45) is 0 Å². The Hall–Kier alpha value is -3.06. The number of ether oxygens (including phenoxy) is 2. The molecule has 0 spiro atoms. The van der Waals surface area contributed by atoms with Crippen molar-refractivity contribution in [1.29, 1.82) is 0 Å². The van der Waals surface area contributed by atoms with E-state index in [-0.39, 0.29) is 22.9 Å². The van der Waals surface area contributed by atoms with Crippen molar-refractivity contribution < 1.29 is 24.3 Å². The average Bonchev–Trinajstić information content (AvgIpc) is 2.58. The van der Waals surface area contributed by atoms with Gasteiger partial charge in [0.05, 0.1) is 23.0 Å². The van der Waals surface area contributed by atoms with Crippen LogP contribution in [0.2, 0.25) is 5.02 Å². The highest BCUT2D eigenvalue weighted by Gasteiger charge is 2.12. The third kappa shape index (κ3) is 4.95. The van der Waals surface area contributed by atoms with Crippen molar-refractivity contribution in [2.75, 3.05) is 7.11 Å². The zero-order chi connectivity index (χ0) is 18.4. The van der Waals surface area contributed by atoms with Gasteiger partial charge in [-0.05, 0) is 34.9 Å². The fourth-order valence-electron chi connectivity index (χ4n) is 2.07. The molecule has 0 saturated heterocycles. The van der Waals surface area contributed by atoms with E-state index in [0.717, 1.165) is 6.20 Å². The molecule has 0 aliphatic carbocycles. The van der Waals surface area contributed by atoms with E-state index in [1.54, 1.807) is 18.2 Å². The summed E-state index contributed by atoms with van der Waals surface area (Å²) in [4.78, 5) is 20.7. The van der Waals surface area contributed by atoms with Crippen LogP contribution in [0.5, 0.6) is 11.5 Å². The second kappa shape index (κ2) is 8.16. The highest BCUT2D eigenvalue weighted by Crippen LogP contribution is 2.37. The first kappa shape index (κ1) is 18.3. The van der Waals surface area contributed by atoms with E-state index in [4.69, 9.17) is 21.1 Å². The largest absolute Gasteiger partial charge is 0.545 e. The van der Waals surface area contributed by atoms with E-state index in [1.165, 1.54) is 31.4 Å². The highest BCUT2D eigenvalue weighted by atomic mass is 35.5. The van der Waals surface area contributed by atoms with Gasteiger partial charge < -0.3 is 19.4 Å². The highest BCUT2D eigenvalue weighted by molar-refractivity contribution is 6.32. The van der Waals surface area contributed by atoms with Crippen LogP contribution in [0.15, 0.2) is 42.6 Å². The lowest BCUT2D eigenvalue weighted by molar-refractivity contribution is -0.400. The minimum absolute atomic E-state index is 0.0411. The minimum Gasteiger partial charge on any atom is -0.545 e. The summed E-state index contributed by atoms with van der Waals surface area (Å²) in [6.45, 7) is 0.0568. The summed E-state index contributed by atoms with van der Waals surface area (Å²) in [7, 11) is 1.41. The molecule has 0 aliphatic rings. The molecule has 0 aliphatic heterocycles. The van der Waals surface area contributed by atoms with Crippen molar-refractivity contribution in [2.45, 2.75) is 6.61 Å². The molecule has 130 valence electrons. The second-order valence-electron chi connectivity index (χ2n) is 4.91. The molecule has 2 rings (SSSR count). The summed E-state index contributed by atoms with van der Waals surface area (Å²) in [6, 6.07) is 9.16. The Morgan fingerprint density at radius 2 is 2.08 bits per heavy atom. The fourth-order valence-corrected chi connectivity index (χ4v) is 2.34. The predicted molar refractivity (Wildman–Crippen MR) is 89.1 cm³/mol. The lowest BCUT2D eigenvalue weighted by Crippen LogP contribution is -2.22. The molecule has 7 nitrogen and oxygen atoms in total. The number of hydrogen-bond donors (Lipinski definition) is 0. The number of methoxy groups -OCH3 is 1. The lowest BCUT2D eigenvalue weighted by Gasteiger charge is -2.14. The van der Waals surface area contributed by atoms with E-state index < -0.39 is 10.9 Å². The van der Waals surface area contributed by atoms with Crippen LogP contribution in [-0.4, -0.2) is 18.0 Å². The number of benzene rings is 2. The summed E-state index contributed by atoms with van der Waals surface area (Å²) < 4.78 is 10.8. The topological polar surface area (TPSA) is 102 Å². The van der Waals surface area contributed by atoms with E-state index in [1.807, 2.05) is 0 Å². The van der Waals surface area contributed by atoms with Gasteiger partial charge >= 0.3 is 0 Å². The van der Waals surface area contributed by atoms with Crippen LogP contribution in [0.4, 0.5) is 0 Å². The molecule has 0 bridgehead atoms. The number of nitro groups is 1. The third-order valence-electron chi connectivity index (χ3n) is 3.19. The van der Waals surface area contributed by atoms with Gasteiger partial charge in [-0.2, -0.15) is 0 Å². The molecule has 2 aromatic rings. The second-order valence-corrected chi connectivity index (χ2v) is 5.32. The fraction of sp³-hybridized carbons (Fsp3) is 0.118. The Morgan fingerprint density at radius 3 is 2.72 bits per heavy atom. The van der Waals surface area contributed by atoms with Crippen molar-refractivity contribution >= 4 is 23.6 Å². The number of carboxylic acids is 1. The SMILES string of the molecule is COc1cc(/C=C/[N+](=O)[O-])cc(Cl)c1OCc1cccc(C(=O)[O-])c1. The summed E-state index contributed by atoms with van der Waals surface area (Å²) >= 11 is 6.16. The van der Waals surface area contributed by atoms with Gasteiger partial charge in [0.2, 0.25) is 6.20 Å². The number of rotatable bonds is 7. The zero-order valence-corrected chi connectivity index (χ0v) is 13.9. The van der Waals surface area contributed by atoms with Crippen LogP contribution >= 0.6 is 11.6 Å². The number of halogens is 1. The number of aromatic carboxylic acids is 1. The van der Waals surface area contributed by atoms with Gasteiger partial charge in [0.15, 0.2) is 11.5 Å². The van der Waals surface area contributed by atoms with E-state index in [9.17, 15) is 20.0 Å². The summed E-state index contributed by atoms with van der Waals surface area (Å²) in [5, 5.41) is 21.5. The van der Waals surface area contributed by atoms with Crippen molar-refractivity contribution in [1.82, 2.24) is 0 Å². The monoisotopic (exact) mass is 362 g/mol. The zero-order valence-electron chi connectivity index (χ0n) is 13.1.